The molecule has 0 aliphatic carbocycles. The van der Waals surface area contributed by atoms with Gasteiger partial charge in [-0.25, -0.2) is 4.39 Å². The Morgan fingerprint density at radius 2 is 1.96 bits per heavy atom. The van der Waals surface area contributed by atoms with Crippen LogP contribution in [0.4, 0.5) is 10.1 Å². The van der Waals surface area contributed by atoms with Crippen LogP contribution >= 0.6 is 0 Å². The number of rotatable bonds is 7. The summed E-state index contributed by atoms with van der Waals surface area (Å²) in [5.41, 5.74) is 1.57. The number of carbonyl (C=O) groups excluding carboxylic acids is 1. The Bertz CT molecular complexity index is 644. The third-order valence-electron chi connectivity index (χ3n) is 3.38. The van der Waals surface area contributed by atoms with Crippen LogP contribution in [0.2, 0.25) is 0 Å². The smallest absolute Gasteiger partial charge is 0.228 e. The van der Waals surface area contributed by atoms with Gasteiger partial charge in [0, 0.05) is 24.2 Å². The monoisotopic (exact) mass is 316 g/mol. The highest BCUT2D eigenvalue weighted by molar-refractivity contribution is 5.92. The molecule has 23 heavy (non-hydrogen) atoms. The molecule has 122 valence electrons. The fourth-order valence-corrected chi connectivity index (χ4v) is 2.08. The minimum absolute atomic E-state index is 0.0463. The van der Waals surface area contributed by atoms with Gasteiger partial charge in [-0.3, -0.25) is 4.79 Å². The maximum absolute atomic E-state index is 12.9. The maximum Gasteiger partial charge on any atom is 0.228 e. The largest absolute Gasteiger partial charge is 0.489 e. The summed E-state index contributed by atoms with van der Waals surface area (Å²) < 4.78 is 18.5. The first-order valence-corrected chi connectivity index (χ1v) is 7.51. The summed E-state index contributed by atoms with van der Waals surface area (Å²) >= 11 is 0. The molecular weight excluding hydrogens is 295 g/mol. The molecule has 5 heteroatoms. The standard InChI is InChI=1S/C18H21FN2O2/c1-13(11-20-2)18(22)21-16-4-3-5-17(10-16)23-12-14-6-8-15(19)9-7-14/h3-10,13,20H,11-12H2,1-2H3,(H,21,22). The van der Waals surface area contributed by atoms with Crippen LogP contribution in [-0.4, -0.2) is 19.5 Å². The Labute approximate surface area is 135 Å². The maximum atomic E-state index is 12.9. The van der Waals surface area contributed by atoms with Crippen LogP contribution < -0.4 is 15.4 Å². The predicted octanol–water partition coefficient (Wildman–Crippen LogP) is 3.20. The van der Waals surface area contributed by atoms with E-state index < -0.39 is 0 Å². The first kappa shape index (κ1) is 17.0. The molecule has 1 atom stereocenters. The van der Waals surface area contributed by atoms with Crippen LogP contribution in [0.25, 0.3) is 0 Å². The average Bonchev–Trinajstić information content (AvgIpc) is 2.55. The molecular formula is C18H21FN2O2. The first-order valence-electron chi connectivity index (χ1n) is 7.51. The second-order valence-corrected chi connectivity index (χ2v) is 5.39. The van der Waals surface area contributed by atoms with E-state index in [2.05, 4.69) is 10.6 Å². The van der Waals surface area contributed by atoms with Crippen molar-refractivity contribution in [1.82, 2.24) is 5.32 Å². The molecule has 0 aliphatic rings. The zero-order chi connectivity index (χ0) is 16.7. The molecule has 0 aromatic heterocycles. The SMILES string of the molecule is CNCC(C)C(=O)Nc1cccc(OCc2ccc(F)cc2)c1. The van der Waals surface area contributed by atoms with Gasteiger partial charge in [-0.2, -0.15) is 0 Å². The van der Waals surface area contributed by atoms with Gasteiger partial charge in [-0.1, -0.05) is 25.1 Å². The highest BCUT2D eigenvalue weighted by atomic mass is 19.1. The number of anilines is 1. The third kappa shape index (κ3) is 5.38. The van der Waals surface area contributed by atoms with Gasteiger partial charge in [-0.05, 0) is 36.9 Å². The molecule has 4 nitrogen and oxygen atoms in total. The van der Waals surface area contributed by atoms with Gasteiger partial charge in [0.15, 0.2) is 0 Å². The van der Waals surface area contributed by atoms with E-state index in [0.29, 0.717) is 24.6 Å². The molecule has 2 aromatic rings. The summed E-state index contributed by atoms with van der Waals surface area (Å²) in [6.45, 7) is 2.82. The molecule has 0 saturated heterocycles. The van der Waals surface area contributed by atoms with Gasteiger partial charge in [0.05, 0.1) is 0 Å². The normalized spacial score (nSPS) is 11.8. The highest BCUT2D eigenvalue weighted by Crippen LogP contribution is 2.19. The van der Waals surface area contributed by atoms with Crippen LogP contribution in [0.1, 0.15) is 12.5 Å². The van der Waals surface area contributed by atoms with Gasteiger partial charge in [0.2, 0.25) is 5.91 Å². The van der Waals surface area contributed by atoms with Crippen molar-refractivity contribution in [2.24, 2.45) is 5.92 Å². The molecule has 0 fully saturated rings. The molecule has 0 saturated carbocycles. The fraction of sp³-hybridized carbons (Fsp3) is 0.278. The zero-order valence-electron chi connectivity index (χ0n) is 13.3. The van der Waals surface area contributed by atoms with Gasteiger partial charge >= 0.3 is 0 Å². The van der Waals surface area contributed by atoms with Crippen LogP contribution in [0, 0.1) is 11.7 Å². The van der Waals surface area contributed by atoms with E-state index in [1.165, 1.54) is 12.1 Å². The van der Waals surface area contributed by atoms with Crippen molar-refractivity contribution >= 4 is 11.6 Å². The lowest BCUT2D eigenvalue weighted by Gasteiger charge is -2.13. The molecule has 0 heterocycles. The quantitative estimate of drug-likeness (QED) is 0.825. The van der Waals surface area contributed by atoms with Crippen molar-refractivity contribution in [3.63, 3.8) is 0 Å². The third-order valence-corrected chi connectivity index (χ3v) is 3.38. The second kappa shape index (κ2) is 8.29. The Balaban J connectivity index is 1.94. The fourth-order valence-electron chi connectivity index (χ4n) is 2.08. The van der Waals surface area contributed by atoms with Gasteiger partial charge in [-0.15, -0.1) is 0 Å². The van der Waals surface area contributed by atoms with E-state index >= 15 is 0 Å². The lowest BCUT2D eigenvalue weighted by Crippen LogP contribution is -2.28. The molecule has 2 N–H and O–H groups in total. The predicted molar refractivity (Wildman–Crippen MR) is 88.9 cm³/mol. The van der Waals surface area contributed by atoms with Crippen LogP contribution in [0.5, 0.6) is 5.75 Å². The van der Waals surface area contributed by atoms with Crippen molar-refractivity contribution in [3.05, 3.63) is 59.9 Å². The summed E-state index contributed by atoms with van der Waals surface area (Å²) in [5, 5.41) is 5.84. The number of ether oxygens (including phenoxy) is 1. The molecule has 1 unspecified atom stereocenters. The van der Waals surface area contributed by atoms with Crippen molar-refractivity contribution in [2.75, 3.05) is 18.9 Å². The van der Waals surface area contributed by atoms with E-state index in [1.54, 1.807) is 18.2 Å². The summed E-state index contributed by atoms with van der Waals surface area (Å²) in [6.07, 6.45) is 0. The topological polar surface area (TPSA) is 50.4 Å². The van der Waals surface area contributed by atoms with Crippen LogP contribution in [0.15, 0.2) is 48.5 Å². The molecule has 2 aromatic carbocycles. The number of carbonyl (C=O) groups is 1. The Hall–Kier alpha value is -2.40. The number of benzene rings is 2. The van der Waals surface area contributed by atoms with Crippen molar-refractivity contribution < 1.29 is 13.9 Å². The number of nitrogens with one attached hydrogen (secondary N) is 2. The summed E-state index contributed by atoms with van der Waals surface area (Å²) in [7, 11) is 1.81. The minimum Gasteiger partial charge on any atom is -0.489 e. The lowest BCUT2D eigenvalue weighted by molar-refractivity contribution is -0.119. The summed E-state index contributed by atoms with van der Waals surface area (Å²) in [5.74, 6) is 0.210. The highest BCUT2D eigenvalue weighted by Gasteiger charge is 2.12. The first-order chi connectivity index (χ1) is 11.1. The van der Waals surface area contributed by atoms with E-state index in [4.69, 9.17) is 4.74 Å². The van der Waals surface area contributed by atoms with E-state index in [0.717, 1.165) is 5.56 Å². The molecule has 0 radical (unpaired) electrons. The molecule has 0 aliphatic heterocycles. The number of hydrogen-bond donors (Lipinski definition) is 2. The van der Waals surface area contributed by atoms with E-state index in [9.17, 15) is 9.18 Å². The average molecular weight is 316 g/mol. The Morgan fingerprint density at radius 3 is 2.65 bits per heavy atom. The lowest BCUT2D eigenvalue weighted by atomic mass is 10.1. The van der Waals surface area contributed by atoms with E-state index in [1.807, 2.05) is 32.2 Å². The van der Waals surface area contributed by atoms with Gasteiger partial charge in [0.1, 0.15) is 18.2 Å². The summed E-state index contributed by atoms with van der Waals surface area (Å²) in [4.78, 5) is 12.0. The molecule has 0 bridgehead atoms. The van der Waals surface area contributed by atoms with Crippen molar-refractivity contribution in [3.8, 4) is 5.75 Å². The number of halogens is 1. The molecule has 2 rings (SSSR count). The molecule has 0 spiro atoms. The van der Waals surface area contributed by atoms with Crippen LogP contribution in [0.3, 0.4) is 0 Å². The van der Waals surface area contributed by atoms with Crippen LogP contribution in [-0.2, 0) is 11.4 Å². The summed E-state index contributed by atoms with van der Waals surface area (Å²) in [6, 6.07) is 13.4. The van der Waals surface area contributed by atoms with E-state index in [-0.39, 0.29) is 17.6 Å². The zero-order valence-corrected chi connectivity index (χ0v) is 13.3. The molecule has 1 amide bonds. The Morgan fingerprint density at radius 1 is 1.22 bits per heavy atom. The number of amides is 1. The Kier molecular flexibility index (Phi) is 6.11. The second-order valence-electron chi connectivity index (χ2n) is 5.39. The van der Waals surface area contributed by atoms with Gasteiger partial charge < -0.3 is 15.4 Å². The van der Waals surface area contributed by atoms with Crippen molar-refractivity contribution in [2.45, 2.75) is 13.5 Å². The number of hydrogen-bond acceptors (Lipinski definition) is 3. The minimum atomic E-state index is -0.269. The van der Waals surface area contributed by atoms with Crippen molar-refractivity contribution in [1.29, 1.82) is 0 Å². The van der Waals surface area contributed by atoms with Gasteiger partial charge in [0.25, 0.3) is 0 Å².